The Balaban J connectivity index is 1.66. The molecular weight excluding hydrogens is 325 g/mol. The van der Waals surface area contributed by atoms with Crippen LogP contribution in [-0.4, -0.2) is 24.6 Å². The topological polar surface area (TPSA) is 64.6 Å². The fraction of sp³-hybridized carbons (Fsp3) is 0.263. The lowest BCUT2D eigenvalue weighted by molar-refractivity contribution is -0.153. The van der Waals surface area contributed by atoms with E-state index >= 15 is 0 Å². The molecule has 1 amide bonds. The molecule has 1 atom stereocenters. The van der Waals surface area contributed by atoms with Crippen molar-refractivity contribution in [2.75, 3.05) is 11.9 Å². The van der Waals surface area contributed by atoms with Crippen molar-refractivity contribution in [1.82, 2.24) is 0 Å². The second kappa shape index (κ2) is 9.42. The van der Waals surface area contributed by atoms with Gasteiger partial charge < -0.3 is 14.8 Å². The van der Waals surface area contributed by atoms with Gasteiger partial charge in [0, 0.05) is 18.2 Å². The average molecular weight is 345 g/mol. The molecule has 0 fully saturated rings. The second-order valence-corrected chi connectivity index (χ2v) is 5.40. The number of carbonyl (C=O) groups is 2. The molecule has 132 valence electrons. The van der Waals surface area contributed by atoms with E-state index in [9.17, 15) is 14.0 Å². The van der Waals surface area contributed by atoms with Crippen molar-refractivity contribution in [2.45, 2.75) is 25.9 Å². The summed E-state index contributed by atoms with van der Waals surface area (Å²) in [6.45, 7) is 1.77. The monoisotopic (exact) mass is 345 g/mol. The van der Waals surface area contributed by atoms with E-state index in [1.807, 2.05) is 6.07 Å². The van der Waals surface area contributed by atoms with Crippen LogP contribution >= 0.6 is 0 Å². The van der Waals surface area contributed by atoms with E-state index in [0.29, 0.717) is 17.9 Å². The van der Waals surface area contributed by atoms with E-state index in [0.717, 1.165) is 0 Å². The standard InChI is InChI=1S/C19H20FNO4/c1-14(19(23)21-16-8-3-2-4-9-16)25-18(22)11-6-12-24-17-10-5-7-15(20)13-17/h2-5,7-10,13-14H,6,11-12H2,1H3,(H,21,23). The number of hydrogen-bond donors (Lipinski definition) is 1. The Hall–Kier alpha value is -2.89. The minimum absolute atomic E-state index is 0.109. The van der Waals surface area contributed by atoms with Gasteiger partial charge in [-0.25, -0.2) is 4.39 Å². The van der Waals surface area contributed by atoms with Gasteiger partial charge in [0.25, 0.3) is 5.91 Å². The quantitative estimate of drug-likeness (QED) is 0.587. The van der Waals surface area contributed by atoms with E-state index in [1.54, 1.807) is 36.4 Å². The molecule has 1 unspecified atom stereocenters. The third-order valence-electron chi connectivity index (χ3n) is 3.31. The van der Waals surface area contributed by atoms with E-state index in [-0.39, 0.29) is 18.8 Å². The Morgan fingerprint density at radius 3 is 2.60 bits per heavy atom. The van der Waals surface area contributed by atoms with Crippen molar-refractivity contribution in [1.29, 1.82) is 0 Å². The highest BCUT2D eigenvalue weighted by atomic mass is 19.1. The predicted molar refractivity (Wildman–Crippen MR) is 91.8 cm³/mol. The summed E-state index contributed by atoms with van der Waals surface area (Å²) in [6.07, 6.45) is -0.377. The predicted octanol–water partition coefficient (Wildman–Crippen LogP) is 3.56. The number of ether oxygens (including phenoxy) is 2. The Kier molecular flexibility index (Phi) is 6.95. The highest BCUT2D eigenvalue weighted by molar-refractivity contribution is 5.95. The SMILES string of the molecule is CC(OC(=O)CCCOc1cccc(F)c1)C(=O)Nc1ccccc1. The molecule has 0 aromatic heterocycles. The number of anilines is 1. The molecule has 2 aromatic rings. The molecule has 0 aliphatic rings. The number of benzene rings is 2. The minimum atomic E-state index is -0.892. The van der Waals surface area contributed by atoms with Crippen LogP contribution in [0.1, 0.15) is 19.8 Å². The lowest BCUT2D eigenvalue weighted by Crippen LogP contribution is -2.30. The maximum absolute atomic E-state index is 13.0. The molecule has 2 aromatic carbocycles. The maximum atomic E-state index is 13.0. The zero-order valence-corrected chi connectivity index (χ0v) is 13.9. The van der Waals surface area contributed by atoms with Crippen LogP contribution in [0.5, 0.6) is 5.75 Å². The van der Waals surface area contributed by atoms with Crippen molar-refractivity contribution >= 4 is 17.6 Å². The third kappa shape index (κ3) is 6.63. The molecule has 2 rings (SSSR count). The molecule has 0 spiro atoms. The van der Waals surface area contributed by atoms with Crippen LogP contribution in [0, 0.1) is 5.82 Å². The first-order valence-corrected chi connectivity index (χ1v) is 7.98. The smallest absolute Gasteiger partial charge is 0.306 e. The third-order valence-corrected chi connectivity index (χ3v) is 3.31. The van der Waals surface area contributed by atoms with Crippen molar-refractivity contribution in [3.05, 3.63) is 60.4 Å². The van der Waals surface area contributed by atoms with Gasteiger partial charge in [0.05, 0.1) is 6.61 Å². The van der Waals surface area contributed by atoms with E-state index < -0.39 is 18.0 Å². The normalized spacial score (nSPS) is 11.4. The second-order valence-electron chi connectivity index (χ2n) is 5.40. The van der Waals surface area contributed by atoms with Crippen LogP contribution in [-0.2, 0) is 14.3 Å². The number of nitrogens with one attached hydrogen (secondary N) is 1. The van der Waals surface area contributed by atoms with Crippen molar-refractivity contribution in [3.8, 4) is 5.75 Å². The Bertz CT molecular complexity index is 706. The fourth-order valence-corrected chi connectivity index (χ4v) is 2.04. The molecule has 0 aliphatic heterocycles. The lowest BCUT2D eigenvalue weighted by Gasteiger charge is -2.13. The summed E-state index contributed by atoms with van der Waals surface area (Å²) in [5.74, 6) is -0.853. The van der Waals surface area contributed by atoms with Gasteiger partial charge in [-0.3, -0.25) is 9.59 Å². The van der Waals surface area contributed by atoms with Gasteiger partial charge in [-0.15, -0.1) is 0 Å². The number of rotatable bonds is 8. The molecule has 0 saturated heterocycles. The van der Waals surface area contributed by atoms with Gasteiger partial charge in [-0.2, -0.15) is 0 Å². The van der Waals surface area contributed by atoms with Gasteiger partial charge in [-0.1, -0.05) is 24.3 Å². The largest absolute Gasteiger partial charge is 0.493 e. The van der Waals surface area contributed by atoms with E-state index in [4.69, 9.17) is 9.47 Å². The maximum Gasteiger partial charge on any atom is 0.306 e. The van der Waals surface area contributed by atoms with Crippen molar-refractivity contribution < 1.29 is 23.5 Å². The summed E-state index contributed by atoms with van der Waals surface area (Å²) in [5, 5.41) is 2.66. The van der Waals surface area contributed by atoms with Crippen molar-refractivity contribution in [2.24, 2.45) is 0 Å². The van der Waals surface area contributed by atoms with Crippen LogP contribution < -0.4 is 10.1 Å². The van der Waals surface area contributed by atoms with Gasteiger partial charge in [0.15, 0.2) is 6.10 Å². The van der Waals surface area contributed by atoms with Gasteiger partial charge >= 0.3 is 5.97 Å². The molecule has 6 heteroatoms. The number of para-hydroxylation sites is 1. The number of hydrogen-bond acceptors (Lipinski definition) is 4. The minimum Gasteiger partial charge on any atom is -0.493 e. The summed E-state index contributed by atoms with van der Waals surface area (Å²) in [5.41, 5.74) is 0.638. The van der Waals surface area contributed by atoms with Crippen LogP contribution in [0.25, 0.3) is 0 Å². The molecule has 25 heavy (non-hydrogen) atoms. The molecule has 0 saturated carbocycles. The Labute approximate surface area is 145 Å². The number of halogens is 1. The number of carbonyl (C=O) groups excluding carboxylic acids is 2. The zero-order chi connectivity index (χ0) is 18.1. The first kappa shape index (κ1) is 18.4. The fourth-order valence-electron chi connectivity index (χ4n) is 2.04. The molecule has 1 N–H and O–H groups in total. The van der Waals surface area contributed by atoms with Gasteiger partial charge in [0.2, 0.25) is 0 Å². The molecule has 0 aliphatic carbocycles. The van der Waals surface area contributed by atoms with Crippen LogP contribution in [0.15, 0.2) is 54.6 Å². The highest BCUT2D eigenvalue weighted by Gasteiger charge is 2.17. The molecule has 0 bridgehead atoms. The summed E-state index contributed by atoms with van der Waals surface area (Å²) in [7, 11) is 0. The first-order chi connectivity index (χ1) is 12.0. The average Bonchev–Trinajstić information content (AvgIpc) is 2.59. The summed E-state index contributed by atoms with van der Waals surface area (Å²) in [6, 6.07) is 14.7. The van der Waals surface area contributed by atoms with Gasteiger partial charge in [0.1, 0.15) is 11.6 Å². The summed E-state index contributed by atoms with van der Waals surface area (Å²) in [4.78, 5) is 23.7. The first-order valence-electron chi connectivity index (χ1n) is 7.98. The number of amides is 1. The van der Waals surface area contributed by atoms with Crippen LogP contribution in [0.3, 0.4) is 0 Å². The Morgan fingerprint density at radius 1 is 1.12 bits per heavy atom. The van der Waals surface area contributed by atoms with E-state index in [1.165, 1.54) is 19.1 Å². The zero-order valence-electron chi connectivity index (χ0n) is 13.9. The van der Waals surface area contributed by atoms with E-state index in [2.05, 4.69) is 5.32 Å². The molecule has 5 nitrogen and oxygen atoms in total. The lowest BCUT2D eigenvalue weighted by atomic mass is 10.3. The molecule has 0 radical (unpaired) electrons. The highest BCUT2D eigenvalue weighted by Crippen LogP contribution is 2.12. The summed E-state index contributed by atoms with van der Waals surface area (Å²) < 4.78 is 23.4. The Morgan fingerprint density at radius 2 is 1.88 bits per heavy atom. The molecule has 0 heterocycles. The number of esters is 1. The van der Waals surface area contributed by atoms with Crippen LogP contribution in [0.4, 0.5) is 10.1 Å². The van der Waals surface area contributed by atoms with Gasteiger partial charge in [-0.05, 0) is 37.6 Å². The van der Waals surface area contributed by atoms with Crippen molar-refractivity contribution in [3.63, 3.8) is 0 Å². The molecular formula is C19H20FNO4. The van der Waals surface area contributed by atoms with Crippen LogP contribution in [0.2, 0.25) is 0 Å². The summed E-state index contributed by atoms with van der Waals surface area (Å²) >= 11 is 0.